The number of carbonyl (C=O) groups is 3. The lowest BCUT2D eigenvalue weighted by atomic mass is 9.68. The third-order valence-corrected chi connectivity index (χ3v) is 8.93. The van der Waals surface area contributed by atoms with Crippen molar-refractivity contribution < 1.29 is 14.4 Å². The fourth-order valence-electron chi connectivity index (χ4n) is 7.36. The summed E-state index contributed by atoms with van der Waals surface area (Å²) in [6.07, 6.45) is 10.3. The van der Waals surface area contributed by atoms with Crippen molar-refractivity contribution in [3.63, 3.8) is 0 Å². The number of amides is 4. The molecule has 4 aliphatic heterocycles. The molecule has 0 spiro atoms. The lowest BCUT2D eigenvalue weighted by Crippen LogP contribution is -2.60. The molecule has 7 heteroatoms. The van der Waals surface area contributed by atoms with Gasteiger partial charge >= 0.3 is 6.03 Å². The summed E-state index contributed by atoms with van der Waals surface area (Å²) in [6, 6.07) is 9.56. The van der Waals surface area contributed by atoms with Gasteiger partial charge in [0, 0.05) is 25.7 Å². The average Bonchev–Trinajstić information content (AvgIpc) is 3.14. The predicted octanol–water partition coefficient (Wildman–Crippen LogP) is 2.96. The van der Waals surface area contributed by atoms with E-state index in [0.717, 1.165) is 31.5 Å². The molecule has 4 fully saturated rings. The monoisotopic (exact) mass is 476 g/mol. The van der Waals surface area contributed by atoms with E-state index < -0.39 is 6.04 Å². The lowest BCUT2D eigenvalue weighted by molar-refractivity contribution is -0.139. The van der Waals surface area contributed by atoms with Crippen molar-refractivity contribution in [3.05, 3.63) is 47.5 Å². The van der Waals surface area contributed by atoms with E-state index in [9.17, 15) is 14.4 Å². The number of nitrogens with zero attached hydrogens (tertiary/aromatic N) is 3. The molecule has 4 amide bonds. The van der Waals surface area contributed by atoms with Crippen LogP contribution in [-0.4, -0.2) is 76.8 Å². The summed E-state index contributed by atoms with van der Waals surface area (Å²) in [5, 5.41) is 2.78. The molecule has 1 aromatic carbocycles. The van der Waals surface area contributed by atoms with Gasteiger partial charge in [0.2, 0.25) is 5.91 Å². The molecule has 7 nitrogen and oxygen atoms in total. The highest BCUT2D eigenvalue weighted by molar-refractivity contribution is 6.05. The highest BCUT2D eigenvalue weighted by Crippen LogP contribution is 2.45. The lowest BCUT2D eigenvalue weighted by Gasteiger charge is -2.54. The molecular formula is C28H36N4O3. The normalized spacial score (nSPS) is 32.6. The van der Waals surface area contributed by atoms with Crippen molar-refractivity contribution in [3.8, 4) is 0 Å². The van der Waals surface area contributed by atoms with Crippen LogP contribution in [0.1, 0.15) is 50.5 Å². The van der Waals surface area contributed by atoms with Gasteiger partial charge in [-0.2, -0.15) is 0 Å². The van der Waals surface area contributed by atoms with Gasteiger partial charge < -0.3 is 10.2 Å². The molecule has 1 aliphatic carbocycles. The zero-order valence-corrected chi connectivity index (χ0v) is 20.4. The molecule has 186 valence electrons. The molecule has 5 aliphatic rings. The first-order chi connectivity index (χ1) is 17.1. The number of imide groups is 1. The smallest absolute Gasteiger partial charge is 0.324 e. The zero-order valence-electron chi connectivity index (χ0n) is 20.4. The van der Waals surface area contributed by atoms with Crippen LogP contribution in [0.25, 0.3) is 0 Å². The Morgan fingerprint density at radius 3 is 2.77 bits per heavy atom. The standard InChI is InChI=1S/C28H36N4O3/c33-25(17-23-27(34)32(28(35)29-23)14-11-19-7-2-1-3-8-19)31-13-6-9-20-15-21-16-22(26(20)31)18-30-12-5-4-10-24(21)30/h1-3,7-8,15,21-24,26H,4-6,9-14,16-18H2,(H,29,35)/t21?,22?,23-,24?,26?/m0/s1. The van der Waals surface area contributed by atoms with Gasteiger partial charge in [0.25, 0.3) is 5.91 Å². The van der Waals surface area contributed by atoms with Crippen LogP contribution < -0.4 is 5.32 Å². The SMILES string of the molecule is O=C1N[C@@H](CC(=O)N2CCCC3=CC4CC(CN5CCCCC45)C32)C(=O)N1CCc1ccccc1. The van der Waals surface area contributed by atoms with Crippen molar-refractivity contribution >= 4 is 17.8 Å². The van der Waals surface area contributed by atoms with Crippen LogP contribution in [0, 0.1) is 11.8 Å². The summed E-state index contributed by atoms with van der Waals surface area (Å²) in [4.78, 5) is 45.1. The van der Waals surface area contributed by atoms with Gasteiger partial charge in [-0.05, 0) is 62.5 Å². The minimum Gasteiger partial charge on any atom is -0.336 e. The summed E-state index contributed by atoms with van der Waals surface area (Å²) in [6.45, 7) is 3.35. The van der Waals surface area contributed by atoms with Gasteiger partial charge in [0.1, 0.15) is 6.04 Å². The fourth-order valence-corrected chi connectivity index (χ4v) is 7.36. The van der Waals surface area contributed by atoms with Crippen LogP contribution in [0.5, 0.6) is 0 Å². The fraction of sp³-hybridized carbons (Fsp3) is 0.607. The van der Waals surface area contributed by atoms with Gasteiger partial charge in [-0.25, -0.2) is 4.79 Å². The molecule has 0 radical (unpaired) electrons. The molecule has 1 aromatic rings. The minimum absolute atomic E-state index is 0.00313. The molecule has 4 saturated heterocycles. The predicted molar refractivity (Wildman–Crippen MR) is 132 cm³/mol. The second kappa shape index (κ2) is 9.41. The highest BCUT2D eigenvalue weighted by atomic mass is 16.2. The van der Waals surface area contributed by atoms with E-state index in [1.165, 1.54) is 42.7 Å². The van der Waals surface area contributed by atoms with Gasteiger partial charge in [-0.3, -0.25) is 19.4 Å². The largest absolute Gasteiger partial charge is 0.336 e. The maximum atomic E-state index is 13.6. The number of nitrogens with one attached hydrogen (secondary N) is 1. The Balaban J connectivity index is 1.12. The van der Waals surface area contributed by atoms with E-state index >= 15 is 0 Å². The molecule has 6 rings (SSSR count). The molecule has 35 heavy (non-hydrogen) atoms. The van der Waals surface area contributed by atoms with Crippen LogP contribution in [-0.2, 0) is 16.0 Å². The third-order valence-electron chi connectivity index (χ3n) is 8.93. The van der Waals surface area contributed by atoms with Gasteiger partial charge in [0.15, 0.2) is 0 Å². The van der Waals surface area contributed by atoms with Gasteiger partial charge in [0.05, 0.1) is 12.5 Å². The Labute approximate surface area is 207 Å². The summed E-state index contributed by atoms with van der Waals surface area (Å²) in [5.41, 5.74) is 2.53. The second-order valence-corrected chi connectivity index (χ2v) is 11.0. The quantitative estimate of drug-likeness (QED) is 0.524. The first kappa shape index (κ1) is 22.8. The number of carbonyl (C=O) groups excluding carboxylic acids is 3. The number of benzene rings is 1. The second-order valence-electron chi connectivity index (χ2n) is 11.0. The Hall–Kier alpha value is -2.67. The Kier molecular flexibility index (Phi) is 6.13. The van der Waals surface area contributed by atoms with Crippen molar-refractivity contribution in [2.24, 2.45) is 11.8 Å². The molecule has 4 unspecified atom stereocenters. The molecule has 2 bridgehead atoms. The van der Waals surface area contributed by atoms with E-state index in [0.29, 0.717) is 30.8 Å². The number of likely N-dealkylation sites (tertiary alicyclic amines) is 1. The average molecular weight is 477 g/mol. The van der Waals surface area contributed by atoms with E-state index in [1.807, 2.05) is 35.2 Å². The molecule has 0 saturated carbocycles. The third kappa shape index (κ3) is 4.28. The molecule has 4 heterocycles. The van der Waals surface area contributed by atoms with Crippen molar-refractivity contribution in [2.45, 2.75) is 69.5 Å². The topological polar surface area (TPSA) is 73.0 Å². The number of urea groups is 1. The van der Waals surface area contributed by atoms with Gasteiger partial charge in [-0.15, -0.1) is 0 Å². The summed E-state index contributed by atoms with van der Waals surface area (Å²) >= 11 is 0. The van der Waals surface area contributed by atoms with Crippen LogP contribution in [0.15, 0.2) is 42.0 Å². The molecule has 0 aromatic heterocycles. The van der Waals surface area contributed by atoms with Crippen molar-refractivity contribution in [1.29, 1.82) is 0 Å². The zero-order chi connectivity index (χ0) is 23.9. The molecule has 5 atom stereocenters. The summed E-state index contributed by atoms with van der Waals surface area (Å²) in [5.74, 6) is 0.840. The maximum absolute atomic E-state index is 13.6. The maximum Gasteiger partial charge on any atom is 0.324 e. The van der Waals surface area contributed by atoms with E-state index in [1.54, 1.807) is 0 Å². The van der Waals surface area contributed by atoms with E-state index in [2.05, 4.69) is 16.3 Å². The van der Waals surface area contributed by atoms with Crippen LogP contribution in [0.3, 0.4) is 0 Å². The summed E-state index contributed by atoms with van der Waals surface area (Å²) < 4.78 is 0. The van der Waals surface area contributed by atoms with E-state index in [-0.39, 0.29) is 30.3 Å². The summed E-state index contributed by atoms with van der Waals surface area (Å²) in [7, 11) is 0. The first-order valence-corrected chi connectivity index (χ1v) is 13.5. The Morgan fingerprint density at radius 1 is 1.06 bits per heavy atom. The number of hydrogen-bond acceptors (Lipinski definition) is 4. The highest BCUT2D eigenvalue weighted by Gasteiger charge is 2.48. The Morgan fingerprint density at radius 2 is 1.91 bits per heavy atom. The van der Waals surface area contributed by atoms with Crippen LogP contribution in [0.4, 0.5) is 4.79 Å². The van der Waals surface area contributed by atoms with E-state index in [4.69, 9.17) is 0 Å². The number of fused-ring (bicyclic) bond motifs is 6. The van der Waals surface area contributed by atoms with Crippen molar-refractivity contribution in [1.82, 2.24) is 20.0 Å². The van der Waals surface area contributed by atoms with Crippen molar-refractivity contribution in [2.75, 3.05) is 26.2 Å². The number of piperidine rings is 3. The first-order valence-electron chi connectivity index (χ1n) is 13.5. The Bertz CT molecular complexity index is 1020. The van der Waals surface area contributed by atoms with Crippen LogP contribution >= 0.6 is 0 Å². The number of hydrogen-bond donors (Lipinski definition) is 1. The molecular weight excluding hydrogens is 440 g/mol. The van der Waals surface area contributed by atoms with Crippen LogP contribution in [0.2, 0.25) is 0 Å². The van der Waals surface area contributed by atoms with Gasteiger partial charge in [-0.1, -0.05) is 48.4 Å². The molecule has 1 N–H and O–H groups in total. The minimum atomic E-state index is -0.755. The number of rotatable bonds is 5.